The Bertz CT molecular complexity index is 504. The SMILES string of the molecule is CC(CCl)Nc1ccnc2cc(Br)cnc12. The lowest BCUT2D eigenvalue weighted by molar-refractivity contribution is 0.909. The molecule has 0 aliphatic carbocycles. The van der Waals surface area contributed by atoms with Crippen LogP contribution in [0.25, 0.3) is 11.0 Å². The fourth-order valence-electron chi connectivity index (χ4n) is 1.43. The summed E-state index contributed by atoms with van der Waals surface area (Å²) in [4.78, 5) is 8.62. The fourth-order valence-corrected chi connectivity index (χ4v) is 1.82. The number of pyridine rings is 2. The molecule has 2 heterocycles. The Morgan fingerprint density at radius 1 is 1.50 bits per heavy atom. The Balaban J connectivity index is 2.45. The van der Waals surface area contributed by atoms with E-state index in [-0.39, 0.29) is 6.04 Å². The van der Waals surface area contributed by atoms with Gasteiger partial charge in [-0.2, -0.15) is 0 Å². The fraction of sp³-hybridized carbons (Fsp3) is 0.273. The summed E-state index contributed by atoms with van der Waals surface area (Å²) < 4.78 is 0.926. The van der Waals surface area contributed by atoms with Gasteiger partial charge in [-0.25, -0.2) is 0 Å². The predicted octanol–water partition coefficient (Wildman–Crippen LogP) is 3.43. The van der Waals surface area contributed by atoms with Crippen LogP contribution in [-0.4, -0.2) is 21.9 Å². The van der Waals surface area contributed by atoms with Crippen molar-refractivity contribution in [3.05, 3.63) is 29.0 Å². The molecule has 1 N–H and O–H groups in total. The van der Waals surface area contributed by atoms with E-state index >= 15 is 0 Å². The molecule has 0 aliphatic rings. The third-order valence-corrected chi connectivity index (χ3v) is 3.07. The Hall–Kier alpha value is -0.870. The molecular formula is C11H11BrClN3. The van der Waals surface area contributed by atoms with Crippen molar-refractivity contribution in [2.24, 2.45) is 0 Å². The van der Waals surface area contributed by atoms with Gasteiger partial charge in [0.1, 0.15) is 5.52 Å². The van der Waals surface area contributed by atoms with E-state index in [1.165, 1.54) is 0 Å². The predicted molar refractivity (Wildman–Crippen MR) is 71.0 cm³/mol. The van der Waals surface area contributed by atoms with Gasteiger partial charge >= 0.3 is 0 Å². The molecule has 2 aromatic rings. The summed E-state index contributed by atoms with van der Waals surface area (Å²) in [6.45, 7) is 2.03. The quantitative estimate of drug-likeness (QED) is 0.883. The minimum Gasteiger partial charge on any atom is -0.380 e. The summed E-state index contributed by atoms with van der Waals surface area (Å²) in [7, 11) is 0. The molecule has 1 atom stereocenters. The topological polar surface area (TPSA) is 37.8 Å². The Kier molecular flexibility index (Phi) is 3.61. The zero-order valence-electron chi connectivity index (χ0n) is 8.74. The van der Waals surface area contributed by atoms with Gasteiger partial charge in [-0.15, -0.1) is 11.6 Å². The van der Waals surface area contributed by atoms with Crippen molar-refractivity contribution >= 4 is 44.3 Å². The third kappa shape index (κ3) is 2.44. The molecule has 0 radical (unpaired) electrons. The van der Waals surface area contributed by atoms with Gasteiger partial charge in [-0.1, -0.05) is 0 Å². The smallest absolute Gasteiger partial charge is 0.112 e. The summed E-state index contributed by atoms with van der Waals surface area (Å²) in [5, 5.41) is 3.30. The maximum Gasteiger partial charge on any atom is 0.112 e. The Labute approximate surface area is 107 Å². The Morgan fingerprint density at radius 3 is 3.06 bits per heavy atom. The van der Waals surface area contributed by atoms with Crippen LogP contribution in [0.2, 0.25) is 0 Å². The molecule has 0 fully saturated rings. The van der Waals surface area contributed by atoms with E-state index in [0.29, 0.717) is 5.88 Å². The number of hydrogen-bond donors (Lipinski definition) is 1. The monoisotopic (exact) mass is 299 g/mol. The average molecular weight is 301 g/mol. The van der Waals surface area contributed by atoms with Gasteiger partial charge in [-0.3, -0.25) is 9.97 Å². The molecule has 3 nitrogen and oxygen atoms in total. The number of hydrogen-bond acceptors (Lipinski definition) is 3. The number of alkyl halides is 1. The first kappa shape index (κ1) is 11.6. The van der Waals surface area contributed by atoms with Crippen molar-refractivity contribution in [3.63, 3.8) is 0 Å². The first-order valence-electron chi connectivity index (χ1n) is 4.93. The summed E-state index contributed by atoms with van der Waals surface area (Å²) in [6, 6.07) is 4.06. The minimum absolute atomic E-state index is 0.206. The normalized spacial score (nSPS) is 12.7. The standard InChI is InChI=1S/C11H11BrClN3/c1-7(5-13)16-9-2-3-14-10-4-8(12)6-15-11(9)10/h2-4,6-7H,5H2,1H3,(H,14,16). The summed E-state index contributed by atoms with van der Waals surface area (Å²) in [6.07, 6.45) is 3.53. The third-order valence-electron chi connectivity index (χ3n) is 2.18. The van der Waals surface area contributed by atoms with E-state index in [4.69, 9.17) is 11.6 Å². The largest absolute Gasteiger partial charge is 0.380 e. The minimum atomic E-state index is 0.206. The van der Waals surface area contributed by atoms with Gasteiger partial charge in [0.15, 0.2) is 0 Å². The number of fused-ring (bicyclic) bond motifs is 1. The van der Waals surface area contributed by atoms with Crippen LogP contribution in [0.4, 0.5) is 5.69 Å². The van der Waals surface area contributed by atoms with Crippen LogP contribution in [0.3, 0.4) is 0 Å². The van der Waals surface area contributed by atoms with Gasteiger partial charge < -0.3 is 5.32 Å². The van der Waals surface area contributed by atoms with E-state index < -0.39 is 0 Å². The van der Waals surface area contributed by atoms with E-state index in [1.54, 1.807) is 12.4 Å². The molecule has 0 aliphatic heterocycles. The van der Waals surface area contributed by atoms with Crippen molar-refractivity contribution in [1.29, 1.82) is 0 Å². The zero-order valence-corrected chi connectivity index (χ0v) is 11.1. The van der Waals surface area contributed by atoms with Crippen molar-refractivity contribution in [2.45, 2.75) is 13.0 Å². The van der Waals surface area contributed by atoms with Crippen LogP contribution >= 0.6 is 27.5 Å². The second-order valence-electron chi connectivity index (χ2n) is 3.58. The van der Waals surface area contributed by atoms with Gasteiger partial charge in [-0.05, 0) is 35.0 Å². The molecule has 0 aromatic carbocycles. The van der Waals surface area contributed by atoms with Crippen molar-refractivity contribution < 1.29 is 0 Å². The molecule has 0 amide bonds. The molecular weight excluding hydrogens is 289 g/mol. The Morgan fingerprint density at radius 2 is 2.31 bits per heavy atom. The van der Waals surface area contributed by atoms with Crippen LogP contribution in [0.15, 0.2) is 29.0 Å². The highest BCUT2D eigenvalue weighted by molar-refractivity contribution is 9.10. The molecule has 0 saturated carbocycles. The highest BCUT2D eigenvalue weighted by atomic mass is 79.9. The van der Waals surface area contributed by atoms with Crippen molar-refractivity contribution in [2.75, 3.05) is 11.2 Å². The van der Waals surface area contributed by atoms with Crippen LogP contribution in [0.5, 0.6) is 0 Å². The highest BCUT2D eigenvalue weighted by Crippen LogP contribution is 2.22. The molecule has 16 heavy (non-hydrogen) atoms. The number of nitrogens with zero attached hydrogens (tertiary/aromatic N) is 2. The summed E-state index contributed by atoms with van der Waals surface area (Å²) in [5.74, 6) is 0.556. The summed E-state index contributed by atoms with van der Waals surface area (Å²) >= 11 is 9.15. The second kappa shape index (κ2) is 4.97. The van der Waals surface area contributed by atoms with Crippen molar-refractivity contribution in [1.82, 2.24) is 9.97 Å². The number of halogens is 2. The lowest BCUT2D eigenvalue weighted by atomic mass is 10.2. The van der Waals surface area contributed by atoms with E-state index in [0.717, 1.165) is 21.2 Å². The van der Waals surface area contributed by atoms with Crippen LogP contribution in [0, 0.1) is 0 Å². The lowest BCUT2D eigenvalue weighted by Crippen LogP contribution is -2.16. The molecule has 0 bridgehead atoms. The van der Waals surface area contributed by atoms with Crippen LogP contribution in [-0.2, 0) is 0 Å². The lowest BCUT2D eigenvalue weighted by Gasteiger charge is -2.13. The molecule has 0 saturated heterocycles. The number of anilines is 1. The van der Waals surface area contributed by atoms with Crippen LogP contribution in [0.1, 0.15) is 6.92 Å². The van der Waals surface area contributed by atoms with E-state index in [2.05, 4.69) is 31.2 Å². The zero-order chi connectivity index (χ0) is 11.5. The van der Waals surface area contributed by atoms with Crippen molar-refractivity contribution in [3.8, 4) is 0 Å². The second-order valence-corrected chi connectivity index (χ2v) is 4.80. The van der Waals surface area contributed by atoms with E-state index in [1.807, 2.05) is 19.1 Å². The van der Waals surface area contributed by atoms with Gasteiger partial charge in [0.05, 0.1) is 11.2 Å². The van der Waals surface area contributed by atoms with Gasteiger partial charge in [0.25, 0.3) is 0 Å². The molecule has 5 heteroatoms. The number of nitrogens with one attached hydrogen (secondary N) is 1. The maximum absolute atomic E-state index is 5.77. The molecule has 84 valence electrons. The number of rotatable bonds is 3. The summed E-state index contributed by atoms with van der Waals surface area (Å²) in [5.41, 5.74) is 2.69. The maximum atomic E-state index is 5.77. The van der Waals surface area contributed by atoms with E-state index in [9.17, 15) is 0 Å². The molecule has 1 unspecified atom stereocenters. The van der Waals surface area contributed by atoms with Gasteiger partial charge in [0.2, 0.25) is 0 Å². The highest BCUT2D eigenvalue weighted by Gasteiger charge is 2.06. The molecule has 2 aromatic heterocycles. The first-order chi connectivity index (χ1) is 7.70. The van der Waals surface area contributed by atoms with Gasteiger partial charge in [0, 0.05) is 28.8 Å². The van der Waals surface area contributed by atoms with Crippen LogP contribution < -0.4 is 5.32 Å². The number of aromatic nitrogens is 2. The first-order valence-corrected chi connectivity index (χ1v) is 6.26. The molecule has 2 rings (SSSR count). The molecule has 0 spiro atoms. The average Bonchev–Trinajstić information content (AvgIpc) is 2.28.